The minimum Gasteiger partial charge on any atom is -0.459 e. The third kappa shape index (κ3) is 3.82. The topological polar surface area (TPSA) is 63.5 Å². The minimum atomic E-state index is -0.154. The Morgan fingerprint density at radius 1 is 1.40 bits per heavy atom. The number of nitrogens with one attached hydrogen (secondary N) is 2. The summed E-state index contributed by atoms with van der Waals surface area (Å²) in [6, 6.07) is 9.60. The molecule has 108 valence electrons. The van der Waals surface area contributed by atoms with Gasteiger partial charge < -0.3 is 19.8 Å². The molecular formula is C15H20N2O3. The number of carbonyl (C=O) groups excluding carboxylic acids is 1. The Labute approximate surface area is 118 Å². The molecule has 0 aliphatic heterocycles. The second kappa shape index (κ2) is 7.07. The highest BCUT2D eigenvalue weighted by Gasteiger charge is 2.13. The number of furan rings is 1. The number of benzene rings is 1. The first-order valence-electron chi connectivity index (χ1n) is 6.68. The molecule has 1 aromatic carbocycles. The van der Waals surface area contributed by atoms with Crippen LogP contribution >= 0.6 is 0 Å². The highest BCUT2D eigenvalue weighted by molar-refractivity contribution is 5.80. The highest BCUT2D eigenvalue weighted by atomic mass is 16.5. The fourth-order valence-electron chi connectivity index (χ4n) is 1.96. The Morgan fingerprint density at radius 2 is 2.20 bits per heavy atom. The molecule has 1 unspecified atom stereocenters. The molecule has 2 rings (SSSR count). The molecule has 0 bridgehead atoms. The van der Waals surface area contributed by atoms with Crippen LogP contribution in [0.1, 0.15) is 18.7 Å². The molecule has 0 spiro atoms. The molecule has 5 heteroatoms. The first-order chi connectivity index (χ1) is 9.70. The number of hydrogen-bond donors (Lipinski definition) is 2. The van der Waals surface area contributed by atoms with Crippen LogP contribution in [0.25, 0.3) is 11.0 Å². The zero-order valence-electron chi connectivity index (χ0n) is 11.8. The molecule has 1 heterocycles. The van der Waals surface area contributed by atoms with Gasteiger partial charge in [-0.3, -0.25) is 4.79 Å². The SMILES string of the molecule is COCCNCC(=O)NC(C)c1cc2ccccc2o1. The first kappa shape index (κ1) is 14.6. The quantitative estimate of drug-likeness (QED) is 0.758. The largest absolute Gasteiger partial charge is 0.459 e. The Kier molecular flexibility index (Phi) is 5.15. The van der Waals surface area contributed by atoms with Crippen molar-refractivity contribution in [2.24, 2.45) is 0 Å². The molecule has 0 saturated heterocycles. The summed E-state index contributed by atoms with van der Waals surface area (Å²) < 4.78 is 10.6. The molecule has 1 aromatic heterocycles. The maximum absolute atomic E-state index is 11.7. The van der Waals surface area contributed by atoms with Crippen LogP contribution in [0.15, 0.2) is 34.7 Å². The van der Waals surface area contributed by atoms with Crippen molar-refractivity contribution in [2.75, 3.05) is 26.8 Å². The number of ether oxygens (including phenoxy) is 1. The van der Waals surface area contributed by atoms with E-state index in [0.29, 0.717) is 13.2 Å². The van der Waals surface area contributed by atoms with Gasteiger partial charge in [-0.05, 0) is 19.1 Å². The number of rotatable bonds is 7. The molecular weight excluding hydrogens is 256 g/mol. The zero-order valence-corrected chi connectivity index (χ0v) is 11.8. The van der Waals surface area contributed by atoms with Gasteiger partial charge in [-0.25, -0.2) is 0 Å². The van der Waals surface area contributed by atoms with Crippen molar-refractivity contribution in [1.29, 1.82) is 0 Å². The van der Waals surface area contributed by atoms with E-state index in [1.807, 2.05) is 37.3 Å². The van der Waals surface area contributed by atoms with Gasteiger partial charge in [0.25, 0.3) is 0 Å². The molecule has 0 saturated carbocycles. The van der Waals surface area contributed by atoms with E-state index in [-0.39, 0.29) is 18.5 Å². The average Bonchev–Trinajstić information content (AvgIpc) is 2.87. The van der Waals surface area contributed by atoms with E-state index in [0.717, 1.165) is 16.7 Å². The monoisotopic (exact) mass is 276 g/mol. The Hall–Kier alpha value is -1.85. The fraction of sp³-hybridized carbons (Fsp3) is 0.400. The van der Waals surface area contributed by atoms with Crippen molar-refractivity contribution in [3.05, 3.63) is 36.1 Å². The van der Waals surface area contributed by atoms with E-state index in [4.69, 9.17) is 9.15 Å². The predicted octanol–water partition coefficient (Wildman–Crippen LogP) is 1.85. The van der Waals surface area contributed by atoms with Gasteiger partial charge in [0.15, 0.2) is 0 Å². The number of amides is 1. The van der Waals surface area contributed by atoms with Gasteiger partial charge in [-0.2, -0.15) is 0 Å². The summed E-state index contributed by atoms with van der Waals surface area (Å²) in [5.74, 6) is 0.700. The average molecular weight is 276 g/mol. The van der Waals surface area contributed by atoms with Crippen molar-refractivity contribution in [1.82, 2.24) is 10.6 Å². The molecule has 0 fully saturated rings. The van der Waals surface area contributed by atoms with Crippen molar-refractivity contribution in [3.63, 3.8) is 0 Å². The smallest absolute Gasteiger partial charge is 0.234 e. The third-order valence-corrected chi connectivity index (χ3v) is 3.02. The van der Waals surface area contributed by atoms with Crippen LogP contribution in [-0.4, -0.2) is 32.7 Å². The van der Waals surface area contributed by atoms with Crippen LogP contribution in [0.5, 0.6) is 0 Å². The first-order valence-corrected chi connectivity index (χ1v) is 6.68. The minimum absolute atomic E-state index is 0.0611. The van der Waals surface area contributed by atoms with Gasteiger partial charge in [0.05, 0.1) is 19.2 Å². The van der Waals surface area contributed by atoms with Crippen LogP contribution in [0, 0.1) is 0 Å². The lowest BCUT2D eigenvalue weighted by molar-refractivity contribution is -0.121. The van der Waals surface area contributed by atoms with Crippen molar-refractivity contribution < 1.29 is 13.9 Å². The predicted molar refractivity (Wildman–Crippen MR) is 77.5 cm³/mol. The van der Waals surface area contributed by atoms with Crippen LogP contribution in [0.2, 0.25) is 0 Å². The Bertz CT molecular complexity index is 532. The van der Waals surface area contributed by atoms with E-state index >= 15 is 0 Å². The molecule has 0 aliphatic rings. The number of methoxy groups -OCH3 is 1. The summed E-state index contributed by atoms with van der Waals surface area (Å²) in [5.41, 5.74) is 0.835. The Morgan fingerprint density at radius 3 is 2.95 bits per heavy atom. The second-order valence-corrected chi connectivity index (χ2v) is 4.65. The summed E-state index contributed by atoms with van der Waals surface area (Å²) in [5, 5.41) is 6.94. The van der Waals surface area contributed by atoms with E-state index in [2.05, 4.69) is 10.6 Å². The molecule has 1 amide bonds. The van der Waals surface area contributed by atoms with Gasteiger partial charge >= 0.3 is 0 Å². The number of carbonyl (C=O) groups is 1. The Balaban J connectivity index is 1.87. The van der Waals surface area contributed by atoms with Crippen LogP contribution in [0.3, 0.4) is 0 Å². The standard InChI is InChI=1S/C15H20N2O3/c1-11(17-15(18)10-16-7-8-19-2)14-9-12-5-3-4-6-13(12)20-14/h3-6,9,11,16H,7-8,10H2,1-2H3,(H,17,18). The van der Waals surface area contributed by atoms with Crippen molar-refractivity contribution in [2.45, 2.75) is 13.0 Å². The molecule has 20 heavy (non-hydrogen) atoms. The maximum atomic E-state index is 11.7. The highest BCUT2D eigenvalue weighted by Crippen LogP contribution is 2.23. The zero-order chi connectivity index (χ0) is 14.4. The normalized spacial score (nSPS) is 12.5. The summed E-state index contributed by atoms with van der Waals surface area (Å²) >= 11 is 0. The second-order valence-electron chi connectivity index (χ2n) is 4.65. The van der Waals surface area contributed by atoms with Gasteiger partial charge in [0.2, 0.25) is 5.91 Å². The number of fused-ring (bicyclic) bond motifs is 1. The van der Waals surface area contributed by atoms with E-state index in [9.17, 15) is 4.79 Å². The molecule has 0 radical (unpaired) electrons. The molecule has 0 aliphatic carbocycles. The fourth-order valence-corrected chi connectivity index (χ4v) is 1.96. The van der Waals surface area contributed by atoms with Gasteiger partial charge in [0, 0.05) is 19.0 Å². The van der Waals surface area contributed by atoms with E-state index in [1.54, 1.807) is 7.11 Å². The van der Waals surface area contributed by atoms with Crippen molar-refractivity contribution in [3.8, 4) is 0 Å². The number of para-hydroxylation sites is 1. The summed E-state index contributed by atoms with van der Waals surface area (Å²) in [6.07, 6.45) is 0. The van der Waals surface area contributed by atoms with Crippen molar-refractivity contribution >= 4 is 16.9 Å². The summed E-state index contributed by atoms with van der Waals surface area (Å²) in [7, 11) is 1.63. The van der Waals surface area contributed by atoms with E-state index < -0.39 is 0 Å². The lowest BCUT2D eigenvalue weighted by Crippen LogP contribution is -2.36. The van der Waals surface area contributed by atoms with Gasteiger partial charge in [-0.1, -0.05) is 18.2 Å². The molecule has 1 atom stereocenters. The van der Waals surface area contributed by atoms with Gasteiger partial charge in [-0.15, -0.1) is 0 Å². The van der Waals surface area contributed by atoms with Crippen LogP contribution < -0.4 is 10.6 Å². The van der Waals surface area contributed by atoms with E-state index in [1.165, 1.54) is 0 Å². The van der Waals surface area contributed by atoms with Crippen LogP contribution in [0.4, 0.5) is 0 Å². The van der Waals surface area contributed by atoms with Crippen LogP contribution in [-0.2, 0) is 9.53 Å². The lowest BCUT2D eigenvalue weighted by Gasteiger charge is -2.11. The number of hydrogen-bond acceptors (Lipinski definition) is 4. The summed E-state index contributed by atoms with van der Waals surface area (Å²) in [6.45, 7) is 3.42. The maximum Gasteiger partial charge on any atom is 0.234 e. The van der Waals surface area contributed by atoms with Gasteiger partial charge in [0.1, 0.15) is 11.3 Å². The summed E-state index contributed by atoms with van der Waals surface area (Å²) in [4.78, 5) is 11.7. The third-order valence-electron chi connectivity index (χ3n) is 3.02. The molecule has 5 nitrogen and oxygen atoms in total. The molecule has 2 aromatic rings. The molecule has 2 N–H and O–H groups in total. The lowest BCUT2D eigenvalue weighted by atomic mass is 10.2.